The summed E-state index contributed by atoms with van der Waals surface area (Å²) in [5.41, 5.74) is 4.27. The van der Waals surface area contributed by atoms with Crippen LogP contribution in [0.2, 0.25) is 0 Å². The molecule has 16 heavy (non-hydrogen) atoms. The molecule has 0 aliphatic rings. The summed E-state index contributed by atoms with van der Waals surface area (Å²) in [5, 5.41) is 11.6. The van der Waals surface area contributed by atoms with Gasteiger partial charge in [-0.3, -0.25) is 0 Å². The van der Waals surface area contributed by atoms with Crippen LogP contribution < -0.4 is 5.32 Å². The first-order chi connectivity index (χ1) is 7.76. The van der Waals surface area contributed by atoms with E-state index < -0.39 is 0 Å². The molecule has 0 spiro atoms. The summed E-state index contributed by atoms with van der Waals surface area (Å²) in [7, 11) is 1.83. The molecule has 0 bridgehead atoms. The molecular formula is C13H15N3. The Morgan fingerprint density at radius 2 is 2.25 bits per heavy atom. The van der Waals surface area contributed by atoms with Crippen LogP contribution in [0, 0.1) is 12.3 Å². The summed E-state index contributed by atoms with van der Waals surface area (Å²) < 4.78 is 0. The van der Waals surface area contributed by atoms with Crippen molar-refractivity contribution in [3.8, 4) is 0 Å². The van der Waals surface area contributed by atoms with E-state index >= 15 is 0 Å². The summed E-state index contributed by atoms with van der Waals surface area (Å²) in [6.45, 7) is 2.08. The van der Waals surface area contributed by atoms with Crippen molar-refractivity contribution in [3.05, 3.63) is 41.7 Å². The molecule has 0 aliphatic carbocycles. The lowest BCUT2D eigenvalue weighted by Crippen LogP contribution is -1.97. The van der Waals surface area contributed by atoms with Crippen LogP contribution in [0.3, 0.4) is 0 Å². The zero-order valence-corrected chi connectivity index (χ0v) is 9.46. The molecular weight excluding hydrogens is 198 g/mol. The highest BCUT2D eigenvalue weighted by Gasteiger charge is 2.03. The van der Waals surface area contributed by atoms with Crippen LogP contribution in [0.1, 0.15) is 11.1 Å². The Labute approximate surface area is 94.7 Å². The van der Waals surface area contributed by atoms with Crippen molar-refractivity contribution in [2.75, 3.05) is 7.05 Å². The number of nitrogens with one attached hydrogen (secondary N) is 3. The van der Waals surface area contributed by atoms with Gasteiger partial charge in [-0.25, -0.2) is 0 Å². The standard InChI is InChI=1S/C13H15N3/c1-9-7-16-13-5-10(3-4-12(9)13)11(6-14)8-15-2/h3-8,14-16H,1-2H3/b11-8+,14-6?. The number of hydrogen-bond donors (Lipinski definition) is 3. The lowest BCUT2D eigenvalue weighted by atomic mass is 10.1. The predicted octanol–water partition coefficient (Wildman–Crippen LogP) is 2.69. The van der Waals surface area contributed by atoms with Gasteiger partial charge in [0.2, 0.25) is 0 Å². The van der Waals surface area contributed by atoms with Gasteiger partial charge < -0.3 is 15.7 Å². The third-order valence-corrected chi connectivity index (χ3v) is 2.68. The van der Waals surface area contributed by atoms with Gasteiger partial charge in [-0.15, -0.1) is 0 Å². The minimum Gasteiger partial charge on any atom is -0.393 e. The number of aromatic amines is 1. The van der Waals surface area contributed by atoms with Crippen LogP contribution in [0.25, 0.3) is 16.5 Å². The number of aryl methyl sites for hydroxylation is 1. The fourth-order valence-electron chi connectivity index (χ4n) is 1.81. The fourth-order valence-corrected chi connectivity index (χ4v) is 1.81. The van der Waals surface area contributed by atoms with E-state index in [0.717, 1.165) is 16.7 Å². The molecule has 3 nitrogen and oxygen atoms in total. The van der Waals surface area contributed by atoms with E-state index in [0.29, 0.717) is 0 Å². The van der Waals surface area contributed by atoms with Crippen LogP contribution in [-0.2, 0) is 0 Å². The summed E-state index contributed by atoms with van der Waals surface area (Å²) in [6.07, 6.45) is 5.18. The highest BCUT2D eigenvalue weighted by atomic mass is 14.8. The Morgan fingerprint density at radius 3 is 2.94 bits per heavy atom. The number of hydrogen-bond acceptors (Lipinski definition) is 2. The molecule has 0 radical (unpaired) electrons. The number of rotatable bonds is 3. The molecule has 3 heteroatoms. The molecule has 82 valence electrons. The fraction of sp³-hybridized carbons (Fsp3) is 0.154. The number of H-pyrrole nitrogens is 1. The number of allylic oxidation sites excluding steroid dienone is 1. The summed E-state index contributed by atoms with van der Waals surface area (Å²) >= 11 is 0. The largest absolute Gasteiger partial charge is 0.393 e. The average molecular weight is 213 g/mol. The Morgan fingerprint density at radius 1 is 1.44 bits per heavy atom. The van der Waals surface area contributed by atoms with E-state index in [1.165, 1.54) is 17.2 Å². The average Bonchev–Trinajstić information content (AvgIpc) is 2.67. The Balaban J connectivity index is 2.54. The zero-order chi connectivity index (χ0) is 11.5. The first-order valence-electron chi connectivity index (χ1n) is 5.22. The maximum atomic E-state index is 7.37. The SMILES string of the molecule is CN/C=C(\C=N)c1ccc2c(C)c[nH]c2c1. The van der Waals surface area contributed by atoms with E-state index in [4.69, 9.17) is 5.41 Å². The van der Waals surface area contributed by atoms with Gasteiger partial charge in [0.15, 0.2) is 0 Å². The molecule has 0 unspecified atom stereocenters. The molecule has 0 saturated heterocycles. The molecule has 0 saturated carbocycles. The topological polar surface area (TPSA) is 51.7 Å². The zero-order valence-electron chi connectivity index (χ0n) is 9.46. The van der Waals surface area contributed by atoms with Gasteiger partial charge in [0, 0.05) is 42.1 Å². The third kappa shape index (κ3) is 1.72. The minimum absolute atomic E-state index is 0.872. The number of benzene rings is 1. The van der Waals surface area contributed by atoms with Gasteiger partial charge in [0.05, 0.1) is 0 Å². The van der Waals surface area contributed by atoms with Crippen LogP contribution in [0.5, 0.6) is 0 Å². The lowest BCUT2D eigenvalue weighted by Gasteiger charge is -2.02. The maximum Gasteiger partial charge on any atom is 0.0462 e. The lowest BCUT2D eigenvalue weighted by molar-refractivity contribution is 1.11. The van der Waals surface area contributed by atoms with Gasteiger partial charge in [0.1, 0.15) is 0 Å². The molecule has 1 aromatic heterocycles. The van der Waals surface area contributed by atoms with E-state index in [9.17, 15) is 0 Å². The monoisotopic (exact) mass is 213 g/mol. The van der Waals surface area contributed by atoms with Crippen molar-refractivity contribution < 1.29 is 0 Å². The van der Waals surface area contributed by atoms with E-state index in [1.54, 1.807) is 0 Å². The first kappa shape index (κ1) is 10.5. The van der Waals surface area contributed by atoms with Crippen molar-refractivity contribution in [2.45, 2.75) is 6.92 Å². The molecule has 0 atom stereocenters. The van der Waals surface area contributed by atoms with Crippen molar-refractivity contribution in [3.63, 3.8) is 0 Å². The normalized spacial score (nSPS) is 11.8. The highest BCUT2D eigenvalue weighted by molar-refractivity contribution is 6.09. The quantitative estimate of drug-likeness (QED) is 0.674. The minimum atomic E-state index is 0.872. The van der Waals surface area contributed by atoms with Crippen molar-refractivity contribution in [1.29, 1.82) is 5.41 Å². The summed E-state index contributed by atoms with van der Waals surface area (Å²) in [6, 6.07) is 6.19. The van der Waals surface area contributed by atoms with E-state index in [1.807, 2.05) is 25.5 Å². The van der Waals surface area contributed by atoms with Crippen LogP contribution in [0.4, 0.5) is 0 Å². The van der Waals surface area contributed by atoms with Crippen molar-refractivity contribution in [2.24, 2.45) is 0 Å². The van der Waals surface area contributed by atoms with Crippen LogP contribution in [-0.4, -0.2) is 18.2 Å². The maximum absolute atomic E-state index is 7.37. The van der Waals surface area contributed by atoms with Gasteiger partial charge in [0.25, 0.3) is 0 Å². The smallest absolute Gasteiger partial charge is 0.0462 e. The van der Waals surface area contributed by atoms with Gasteiger partial charge in [-0.1, -0.05) is 12.1 Å². The summed E-state index contributed by atoms with van der Waals surface area (Å²) in [4.78, 5) is 3.23. The first-order valence-corrected chi connectivity index (χ1v) is 5.22. The molecule has 0 amide bonds. The van der Waals surface area contributed by atoms with E-state index in [-0.39, 0.29) is 0 Å². The Kier molecular flexibility index (Phi) is 2.77. The third-order valence-electron chi connectivity index (χ3n) is 2.68. The molecule has 3 N–H and O–H groups in total. The molecule has 0 aliphatic heterocycles. The highest BCUT2D eigenvalue weighted by Crippen LogP contribution is 2.21. The van der Waals surface area contributed by atoms with Gasteiger partial charge in [-0.2, -0.15) is 0 Å². The van der Waals surface area contributed by atoms with E-state index in [2.05, 4.69) is 29.4 Å². The van der Waals surface area contributed by atoms with Crippen molar-refractivity contribution in [1.82, 2.24) is 10.3 Å². The molecule has 2 rings (SSSR count). The second-order valence-electron chi connectivity index (χ2n) is 3.76. The second kappa shape index (κ2) is 4.23. The molecule has 0 fully saturated rings. The Hall–Kier alpha value is -2.03. The second-order valence-corrected chi connectivity index (χ2v) is 3.76. The number of aromatic nitrogens is 1. The van der Waals surface area contributed by atoms with Gasteiger partial charge in [-0.05, 0) is 24.1 Å². The number of fused-ring (bicyclic) bond motifs is 1. The molecule has 1 aromatic carbocycles. The van der Waals surface area contributed by atoms with Crippen molar-refractivity contribution >= 4 is 22.7 Å². The van der Waals surface area contributed by atoms with Gasteiger partial charge >= 0.3 is 0 Å². The van der Waals surface area contributed by atoms with Crippen LogP contribution >= 0.6 is 0 Å². The molecule has 2 aromatic rings. The predicted molar refractivity (Wildman–Crippen MR) is 68.9 cm³/mol. The molecule has 1 heterocycles. The Bertz CT molecular complexity index is 549. The van der Waals surface area contributed by atoms with Crippen LogP contribution in [0.15, 0.2) is 30.6 Å². The summed E-state index contributed by atoms with van der Waals surface area (Å²) in [5.74, 6) is 0.